The van der Waals surface area contributed by atoms with Crippen molar-refractivity contribution in [3.8, 4) is 0 Å². The van der Waals surface area contributed by atoms with Crippen molar-refractivity contribution < 1.29 is 0 Å². The molecule has 4 atom stereocenters. The van der Waals surface area contributed by atoms with Crippen LogP contribution in [0.3, 0.4) is 0 Å². The third-order valence-electron chi connectivity index (χ3n) is 3.95. The van der Waals surface area contributed by atoms with Gasteiger partial charge in [0.05, 0.1) is 0 Å². The molecule has 10 heavy (non-hydrogen) atoms. The van der Waals surface area contributed by atoms with Crippen LogP contribution in [0.5, 0.6) is 0 Å². The van der Waals surface area contributed by atoms with E-state index >= 15 is 0 Å². The predicted octanol–water partition coefficient (Wildman–Crippen LogP) is 2.83. The van der Waals surface area contributed by atoms with E-state index in [9.17, 15) is 0 Å². The van der Waals surface area contributed by atoms with Crippen molar-refractivity contribution in [2.45, 2.75) is 38.5 Å². The van der Waals surface area contributed by atoms with Crippen LogP contribution in [0.4, 0.5) is 0 Å². The fourth-order valence-electron chi connectivity index (χ4n) is 2.89. The van der Waals surface area contributed by atoms with E-state index in [1.54, 1.807) is 38.5 Å². The van der Waals surface area contributed by atoms with Crippen LogP contribution in [-0.4, -0.2) is 0 Å². The minimum atomic E-state index is 1.20. The molecule has 3 aliphatic carbocycles. The first-order valence-electron chi connectivity index (χ1n) is 4.93. The van der Waals surface area contributed by atoms with Crippen molar-refractivity contribution in [3.63, 3.8) is 0 Å². The third-order valence-corrected chi connectivity index (χ3v) is 3.95. The molecule has 0 N–H and O–H groups in total. The summed E-state index contributed by atoms with van der Waals surface area (Å²) >= 11 is 0. The highest BCUT2D eigenvalue weighted by molar-refractivity contribution is 4.95. The molecule has 0 aromatic rings. The normalized spacial score (nSPS) is 57.6. The molecule has 0 spiro atoms. The van der Waals surface area contributed by atoms with Gasteiger partial charge in [0.15, 0.2) is 0 Å². The summed E-state index contributed by atoms with van der Waals surface area (Å²) in [5.74, 6) is 4.78. The van der Waals surface area contributed by atoms with Gasteiger partial charge in [-0.1, -0.05) is 0 Å². The van der Waals surface area contributed by atoms with E-state index in [1.807, 2.05) is 0 Å². The molecule has 3 saturated carbocycles. The maximum absolute atomic E-state index is 1.60. The Morgan fingerprint density at radius 3 is 1.10 bits per heavy atom. The quantitative estimate of drug-likeness (QED) is 0.480. The molecular formula is C10H16. The lowest BCUT2D eigenvalue weighted by Crippen LogP contribution is -1.93. The molecule has 0 bridgehead atoms. The van der Waals surface area contributed by atoms with E-state index in [-0.39, 0.29) is 0 Å². The van der Waals surface area contributed by atoms with E-state index in [2.05, 4.69) is 0 Å². The summed E-state index contributed by atoms with van der Waals surface area (Å²) in [5, 5.41) is 0. The minimum absolute atomic E-state index is 1.20. The van der Waals surface area contributed by atoms with Crippen LogP contribution in [0.25, 0.3) is 0 Å². The average molecular weight is 136 g/mol. The van der Waals surface area contributed by atoms with Crippen molar-refractivity contribution in [2.75, 3.05) is 0 Å². The highest BCUT2D eigenvalue weighted by Crippen LogP contribution is 2.55. The second kappa shape index (κ2) is 1.78. The summed E-state index contributed by atoms with van der Waals surface area (Å²) < 4.78 is 0. The predicted molar refractivity (Wildman–Crippen MR) is 41.7 cm³/mol. The van der Waals surface area contributed by atoms with Gasteiger partial charge in [-0.25, -0.2) is 0 Å². The van der Waals surface area contributed by atoms with Crippen molar-refractivity contribution in [1.29, 1.82) is 0 Å². The molecule has 0 radical (unpaired) electrons. The molecule has 56 valence electrons. The van der Waals surface area contributed by atoms with Gasteiger partial charge in [-0.3, -0.25) is 0 Å². The summed E-state index contributed by atoms with van der Waals surface area (Å²) in [4.78, 5) is 0. The van der Waals surface area contributed by atoms with Crippen molar-refractivity contribution in [3.05, 3.63) is 0 Å². The fourth-order valence-corrected chi connectivity index (χ4v) is 2.89. The second-order valence-electron chi connectivity index (χ2n) is 4.67. The molecule has 0 heterocycles. The average Bonchev–Trinajstić information content (AvgIpc) is 2.70. The molecule has 0 aromatic heterocycles. The Bertz CT molecular complexity index is 116. The lowest BCUT2D eigenvalue weighted by atomic mass is 10.0. The van der Waals surface area contributed by atoms with E-state index in [1.165, 1.54) is 23.7 Å². The zero-order chi connectivity index (χ0) is 6.55. The molecule has 0 amide bonds. The van der Waals surface area contributed by atoms with Crippen LogP contribution in [-0.2, 0) is 0 Å². The number of fused-ring (bicyclic) bond motifs is 2. The first kappa shape index (κ1) is 5.62. The highest BCUT2D eigenvalue weighted by Gasteiger charge is 2.44. The second-order valence-corrected chi connectivity index (χ2v) is 4.67. The Balaban J connectivity index is 1.67. The highest BCUT2D eigenvalue weighted by atomic mass is 14.5. The first-order chi connectivity index (χ1) is 4.93. The Morgan fingerprint density at radius 1 is 0.500 bits per heavy atom. The van der Waals surface area contributed by atoms with Gasteiger partial charge in [0.1, 0.15) is 0 Å². The Hall–Kier alpha value is 0. The summed E-state index contributed by atoms with van der Waals surface area (Å²) in [7, 11) is 0. The summed E-state index contributed by atoms with van der Waals surface area (Å²) in [6.07, 6.45) is 9.55. The van der Waals surface area contributed by atoms with Gasteiger partial charge < -0.3 is 0 Å². The monoisotopic (exact) mass is 136 g/mol. The zero-order valence-electron chi connectivity index (χ0n) is 6.55. The minimum Gasteiger partial charge on any atom is -0.0499 e. The van der Waals surface area contributed by atoms with Gasteiger partial charge >= 0.3 is 0 Å². The van der Waals surface area contributed by atoms with Crippen molar-refractivity contribution in [1.82, 2.24) is 0 Å². The molecule has 3 fully saturated rings. The summed E-state index contributed by atoms with van der Waals surface area (Å²) in [6.45, 7) is 0. The molecule has 0 heteroatoms. The number of hydrogen-bond donors (Lipinski definition) is 0. The zero-order valence-corrected chi connectivity index (χ0v) is 6.55. The van der Waals surface area contributed by atoms with E-state index in [0.717, 1.165) is 0 Å². The van der Waals surface area contributed by atoms with Gasteiger partial charge in [-0.15, -0.1) is 0 Å². The topological polar surface area (TPSA) is 0 Å². The summed E-state index contributed by atoms with van der Waals surface area (Å²) in [6, 6.07) is 0. The van der Waals surface area contributed by atoms with Crippen LogP contribution in [0, 0.1) is 23.7 Å². The lowest BCUT2D eigenvalue weighted by molar-refractivity contribution is 0.468. The smallest absolute Gasteiger partial charge is 0.0383 e. The van der Waals surface area contributed by atoms with Gasteiger partial charge in [-0.2, -0.15) is 0 Å². The van der Waals surface area contributed by atoms with E-state index in [4.69, 9.17) is 0 Å². The van der Waals surface area contributed by atoms with Crippen molar-refractivity contribution >= 4 is 0 Å². The lowest BCUT2D eigenvalue weighted by Gasteiger charge is -2.04. The molecule has 3 aliphatic rings. The number of rotatable bonds is 0. The summed E-state index contributed by atoms with van der Waals surface area (Å²) in [5.41, 5.74) is 0. The van der Waals surface area contributed by atoms with E-state index in [0.29, 0.717) is 0 Å². The van der Waals surface area contributed by atoms with Crippen LogP contribution in [0.1, 0.15) is 38.5 Å². The first-order valence-corrected chi connectivity index (χ1v) is 4.93. The maximum atomic E-state index is 1.60. The van der Waals surface area contributed by atoms with Crippen LogP contribution >= 0.6 is 0 Å². The SMILES string of the molecule is C1C[C@@H]2C[C@@H]2CC[C@H]2C[C@@H]12. The van der Waals surface area contributed by atoms with E-state index < -0.39 is 0 Å². The molecule has 0 saturated heterocycles. The standard InChI is InChI=1S/C10H16/c1-2-8-6-10(8)4-3-9-5-7(1)9/h7-10H,1-6H2/t7-,8-,9+,10+. The molecule has 0 unspecified atom stereocenters. The van der Waals surface area contributed by atoms with Crippen LogP contribution < -0.4 is 0 Å². The molecule has 3 rings (SSSR count). The number of hydrogen-bond acceptors (Lipinski definition) is 0. The molecule has 0 aliphatic heterocycles. The van der Waals surface area contributed by atoms with Crippen LogP contribution in [0.15, 0.2) is 0 Å². The van der Waals surface area contributed by atoms with Crippen molar-refractivity contribution in [2.24, 2.45) is 23.7 Å². The van der Waals surface area contributed by atoms with Gasteiger partial charge in [0, 0.05) is 0 Å². The van der Waals surface area contributed by atoms with Gasteiger partial charge in [0.2, 0.25) is 0 Å². The van der Waals surface area contributed by atoms with Gasteiger partial charge in [-0.05, 0) is 62.2 Å². The largest absolute Gasteiger partial charge is 0.0499 e. The Kier molecular flexibility index (Phi) is 1.00. The van der Waals surface area contributed by atoms with Crippen LogP contribution in [0.2, 0.25) is 0 Å². The molecule has 0 aromatic carbocycles. The maximum Gasteiger partial charge on any atom is -0.0383 e. The fraction of sp³-hybridized carbons (Fsp3) is 1.00. The Labute approximate surface area is 63.0 Å². The molecular weight excluding hydrogens is 120 g/mol. The third kappa shape index (κ3) is 0.810. The Morgan fingerprint density at radius 2 is 0.800 bits per heavy atom. The molecule has 0 nitrogen and oxygen atoms in total. The van der Waals surface area contributed by atoms with Gasteiger partial charge in [0.25, 0.3) is 0 Å².